The fourth-order valence-electron chi connectivity index (χ4n) is 2.66. The van der Waals surface area contributed by atoms with Crippen LogP contribution >= 0.6 is 0 Å². The number of anilines is 1. The Labute approximate surface area is 130 Å². The fraction of sp³-hybridized carbons (Fsp3) is 0.667. The molecule has 0 fully saturated rings. The molecule has 0 unspecified atom stereocenters. The van der Waals surface area contributed by atoms with Crippen molar-refractivity contribution in [2.45, 2.75) is 47.1 Å². The number of nitrogens with zero attached hydrogens (tertiary/aromatic N) is 1. The van der Waals surface area contributed by atoms with E-state index in [0.717, 1.165) is 39.0 Å². The maximum absolute atomic E-state index is 9.58. The minimum absolute atomic E-state index is 0.0289. The van der Waals surface area contributed by atoms with Crippen molar-refractivity contribution in [1.29, 1.82) is 0 Å². The van der Waals surface area contributed by atoms with E-state index in [4.69, 9.17) is 0 Å². The molecule has 0 amide bonds. The Balaban J connectivity index is 2.53. The number of rotatable bonds is 10. The van der Waals surface area contributed by atoms with Crippen LogP contribution in [0.2, 0.25) is 0 Å². The van der Waals surface area contributed by atoms with Crippen LogP contribution in [0.1, 0.15) is 46.1 Å². The SMILES string of the molecule is CCN(CC)c1ccc(CNCC(CC)(CC)CO)cc1. The highest BCUT2D eigenvalue weighted by Crippen LogP contribution is 2.24. The molecule has 0 atom stereocenters. The molecular formula is C18H32N2O. The van der Waals surface area contributed by atoms with Gasteiger partial charge in [-0.3, -0.25) is 0 Å². The standard InChI is InChI=1S/C18H32N2O/c1-5-18(6-2,15-21)14-19-13-16-9-11-17(12-10-16)20(7-3)8-4/h9-12,19,21H,5-8,13-15H2,1-4H3. The summed E-state index contributed by atoms with van der Waals surface area (Å²) in [5.74, 6) is 0. The molecule has 21 heavy (non-hydrogen) atoms. The zero-order chi connectivity index (χ0) is 15.7. The van der Waals surface area contributed by atoms with E-state index in [0.29, 0.717) is 0 Å². The molecule has 1 aromatic rings. The Bertz CT molecular complexity index is 372. The summed E-state index contributed by atoms with van der Waals surface area (Å²) in [6.45, 7) is 12.7. The summed E-state index contributed by atoms with van der Waals surface area (Å²) >= 11 is 0. The van der Waals surface area contributed by atoms with Gasteiger partial charge in [-0.15, -0.1) is 0 Å². The van der Waals surface area contributed by atoms with E-state index in [1.54, 1.807) is 0 Å². The van der Waals surface area contributed by atoms with Crippen LogP contribution in [0, 0.1) is 5.41 Å². The third-order valence-corrected chi connectivity index (χ3v) is 4.73. The van der Waals surface area contributed by atoms with Gasteiger partial charge in [0.15, 0.2) is 0 Å². The average Bonchev–Trinajstić information content (AvgIpc) is 2.54. The van der Waals surface area contributed by atoms with E-state index in [1.165, 1.54) is 11.3 Å². The number of aliphatic hydroxyl groups excluding tert-OH is 1. The lowest BCUT2D eigenvalue weighted by atomic mass is 9.83. The van der Waals surface area contributed by atoms with Crippen molar-refractivity contribution in [1.82, 2.24) is 5.32 Å². The molecule has 2 N–H and O–H groups in total. The smallest absolute Gasteiger partial charge is 0.0499 e. The van der Waals surface area contributed by atoms with Gasteiger partial charge < -0.3 is 15.3 Å². The van der Waals surface area contributed by atoms with Crippen LogP contribution in [-0.4, -0.2) is 31.3 Å². The van der Waals surface area contributed by atoms with Gasteiger partial charge in [0.05, 0.1) is 0 Å². The van der Waals surface area contributed by atoms with Crippen LogP contribution in [0.5, 0.6) is 0 Å². The van der Waals surface area contributed by atoms with E-state index in [-0.39, 0.29) is 12.0 Å². The van der Waals surface area contributed by atoms with Crippen LogP contribution < -0.4 is 10.2 Å². The van der Waals surface area contributed by atoms with E-state index >= 15 is 0 Å². The number of nitrogens with one attached hydrogen (secondary N) is 1. The second-order valence-electron chi connectivity index (χ2n) is 5.81. The van der Waals surface area contributed by atoms with Crippen LogP contribution in [0.4, 0.5) is 5.69 Å². The van der Waals surface area contributed by atoms with E-state index in [9.17, 15) is 5.11 Å². The monoisotopic (exact) mass is 292 g/mol. The van der Waals surface area contributed by atoms with Crippen molar-refractivity contribution in [2.24, 2.45) is 5.41 Å². The van der Waals surface area contributed by atoms with Crippen molar-refractivity contribution in [3.63, 3.8) is 0 Å². The molecule has 1 aromatic carbocycles. The molecule has 0 spiro atoms. The molecule has 3 heteroatoms. The molecule has 0 aliphatic rings. The first-order chi connectivity index (χ1) is 10.1. The van der Waals surface area contributed by atoms with Crippen molar-refractivity contribution >= 4 is 5.69 Å². The summed E-state index contributed by atoms with van der Waals surface area (Å²) in [5, 5.41) is 13.1. The highest BCUT2D eigenvalue weighted by atomic mass is 16.3. The highest BCUT2D eigenvalue weighted by molar-refractivity contribution is 5.47. The number of aliphatic hydroxyl groups is 1. The summed E-state index contributed by atoms with van der Waals surface area (Å²) in [6, 6.07) is 8.78. The Morgan fingerprint density at radius 2 is 1.57 bits per heavy atom. The van der Waals surface area contributed by atoms with Gasteiger partial charge in [-0.25, -0.2) is 0 Å². The highest BCUT2D eigenvalue weighted by Gasteiger charge is 2.24. The summed E-state index contributed by atoms with van der Waals surface area (Å²) in [6.07, 6.45) is 2.02. The Kier molecular flexibility index (Phi) is 7.76. The van der Waals surface area contributed by atoms with Gasteiger partial charge in [-0.05, 0) is 44.4 Å². The van der Waals surface area contributed by atoms with Gasteiger partial charge in [0, 0.05) is 43.9 Å². The Morgan fingerprint density at radius 3 is 2.00 bits per heavy atom. The van der Waals surface area contributed by atoms with Gasteiger partial charge in [0.1, 0.15) is 0 Å². The quantitative estimate of drug-likeness (QED) is 0.693. The molecule has 3 nitrogen and oxygen atoms in total. The molecule has 0 radical (unpaired) electrons. The van der Waals surface area contributed by atoms with E-state index in [2.05, 4.69) is 62.2 Å². The maximum Gasteiger partial charge on any atom is 0.0499 e. The first-order valence-electron chi connectivity index (χ1n) is 8.30. The predicted molar refractivity (Wildman–Crippen MR) is 91.8 cm³/mol. The topological polar surface area (TPSA) is 35.5 Å². The minimum Gasteiger partial charge on any atom is -0.396 e. The lowest BCUT2D eigenvalue weighted by Gasteiger charge is -2.29. The molecule has 0 aromatic heterocycles. The van der Waals surface area contributed by atoms with Gasteiger partial charge in [0.2, 0.25) is 0 Å². The van der Waals surface area contributed by atoms with Crippen molar-refractivity contribution < 1.29 is 5.11 Å². The fourth-order valence-corrected chi connectivity index (χ4v) is 2.66. The van der Waals surface area contributed by atoms with Gasteiger partial charge in [0.25, 0.3) is 0 Å². The molecule has 0 bridgehead atoms. The van der Waals surface area contributed by atoms with Gasteiger partial charge >= 0.3 is 0 Å². The molecular weight excluding hydrogens is 260 g/mol. The molecule has 0 saturated carbocycles. The number of hydrogen-bond donors (Lipinski definition) is 2. The molecule has 0 aliphatic carbocycles. The largest absolute Gasteiger partial charge is 0.396 e. The second-order valence-corrected chi connectivity index (χ2v) is 5.81. The molecule has 0 saturated heterocycles. The first-order valence-corrected chi connectivity index (χ1v) is 8.30. The number of benzene rings is 1. The molecule has 0 aliphatic heterocycles. The predicted octanol–water partition coefficient (Wildman–Crippen LogP) is 3.42. The second kappa shape index (κ2) is 9.06. The maximum atomic E-state index is 9.58. The lowest BCUT2D eigenvalue weighted by Crippen LogP contribution is -2.36. The van der Waals surface area contributed by atoms with Crippen molar-refractivity contribution in [2.75, 3.05) is 31.1 Å². The Hall–Kier alpha value is -1.06. The average molecular weight is 292 g/mol. The van der Waals surface area contributed by atoms with Crippen LogP contribution in [0.25, 0.3) is 0 Å². The molecule has 0 heterocycles. The molecule has 120 valence electrons. The summed E-state index contributed by atoms with van der Waals surface area (Å²) in [7, 11) is 0. The summed E-state index contributed by atoms with van der Waals surface area (Å²) < 4.78 is 0. The van der Waals surface area contributed by atoms with E-state index in [1.807, 2.05) is 0 Å². The third kappa shape index (κ3) is 5.01. The lowest BCUT2D eigenvalue weighted by molar-refractivity contribution is 0.113. The van der Waals surface area contributed by atoms with Crippen LogP contribution in [-0.2, 0) is 6.54 Å². The first kappa shape index (κ1) is 18.0. The summed E-state index contributed by atoms with van der Waals surface area (Å²) in [5.41, 5.74) is 2.61. The molecule has 1 rings (SSSR count). The Morgan fingerprint density at radius 1 is 1.00 bits per heavy atom. The third-order valence-electron chi connectivity index (χ3n) is 4.73. The van der Waals surface area contributed by atoms with Gasteiger partial charge in [-0.1, -0.05) is 26.0 Å². The number of hydrogen-bond acceptors (Lipinski definition) is 3. The minimum atomic E-state index is 0.0289. The van der Waals surface area contributed by atoms with Crippen LogP contribution in [0.15, 0.2) is 24.3 Å². The zero-order valence-electron chi connectivity index (χ0n) is 14.2. The van der Waals surface area contributed by atoms with Crippen LogP contribution in [0.3, 0.4) is 0 Å². The zero-order valence-corrected chi connectivity index (χ0v) is 14.2. The van der Waals surface area contributed by atoms with Crippen molar-refractivity contribution in [3.8, 4) is 0 Å². The normalized spacial score (nSPS) is 11.7. The van der Waals surface area contributed by atoms with Gasteiger partial charge in [-0.2, -0.15) is 0 Å². The van der Waals surface area contributed by atoms with E-state index < -0.39 is 0 Å². The summed E-state index contributed by atoms with van der Waals surface area (Å²) in [4.78, 5) is 2.35. The van der Waals surface area contributed by atoms with Crippen molar-refractivity contribution in [3.05, 3.63) is 29.8 Å².